The number of halogens is 1. The molecule has 1 heterocycles. The van der Waals surface area contributed by atoms with Gasteiger partial charge in [-0.1, -0.05) is 17.7 Å². The third kappa shape index (κ3) is 2.13. The third-order valence-electron chi connectivity index (χ3n) is 2.58. The average Bonchev–Trinajstić information content (AvgIpc) is 2.40. The van der Waals surface area contributed by atoms with E-state index in [0.29, 0.717) is 31.1 Å². The van der Waals surface area contributed by atoms with Crippen molar-refractivity contribution in [2.45, 2.75) is 6.42 Å². The molecule has 0 unspecified atom stereocenters. The van der Waals surface area contributed by atoms with Gasteiger partial charge in [-0.2, -0.15) is 0 Å². The molecule has 0 fully saturated rings. The van der Waals surface area contributed by atoms with Crippen molar-refractivity contribution in [3.8, 4) is 0 Å². The molecule has 0 bridgehead atoms. The van der Waals surface area contributed by atoms with Gasteiger partial charge in [-0.15, -0.1) is 0 Å². The molecule has 5 heteroatoms. The molecule has 0 saturated carbocycles. The fraction of sp³-hybridized carbons (Fsp3) is 0.364. The molecule has 0 saturated heterocycles. The quantitative estimate of drug-likeness (QED) is 0.821. The second-order valence-corrected chi connectivity index (χ2v) is 4.12. The van der Waals surface area contributed by atoms with E-state index < -0.39 is 0 Å². The molecule has 1 aliphatic rings. The van der Waals surface area contributed by atoms with Crippen LogP contribution in [0.3, 0.4) is 0 Å². The summed E-state index contributed by atoms with van der Waals surface area (Å²) in [5.74, 6) is 0.0167. The van der Waals surface area contributed by atoms with Gasteiger partial charge >= 0.3 is 0 Å². The third-order valence-corrected chi connectivity index (χ3v) is 2.89. The van der Waals surface area contributed by atoms with Gasteiger partial charge in [-0.05, 0) is 12.1 Å². The van der Waals surface area contributed by atoms with Gasteiger partial charge < -0.3 is 16.0 Å². The van der Waals surface area contributed by atoms with Crippen molar-refractivity contribution < 1.29 is 4.79 Å². The molecule has 2 rings (SSSR count). The summed E-state index contributed by atoms with van der Waals surface area (Å²) in [6.07, 6.45) is 0.463. The van der Waals surface area contributed by atoms with Gasteiger partial charge in [-0.3, -0.25) is 4.79 Å². The van der Waals surface area contributed by atoms with Crippen LogP contribution in [-0.4, -0.2) is 25.5 Å². The maximum Gasteiger partial charge on any atom is 0.226 e. The minimum Gasteiger partial charge on any atom is -0.367 e. The number of carbonyl (C=O) groups excluding carboxylic acids is 1. The number of amides is 1. The van der Waals surface area contributed by atoms with Crippen molar-refractivity contribution in [2.75, 3.05) is 29.9 Å². The van der Waals surface area contributed by atoms with Crippen molar-refractivity contribution in [2.24, 2.45) is 5.73 Å². The Hall–Kier alpha value is -1.26. The van der Waals surface area contributed by atoms with E-state index in [-0.39, 0.29) is 5.91 Å². The van der Waals surface area contributed by atoms with Crippen LogP contribution in [0.1, 0.15) is 6.42 Å². The summed E-state index contributed by atoms with van der Waals surface area (Å²) >= 11 is 6.16. The summed E-state index contributed by atoms with van der Waals surface area (Å²) in [4.78, 5) is 13.5. The van der Waals surface area contributed by atoms with Gasteiger partial charge in [0.05, 0.1) is 16.4 Å². The predicted octanol–water partition coefficient (Wildman–Crippen LogP) is 1.45. The van der Waals surface area contributed by atoms with E-state index in [4.69, 9.17) is 17.3 Å². The second-order valence-electron chi connectivity index (χ2n) is 3.71. The monoisotopic (exact) mass is 239 g/mol. The smallest absolute Gasteiger partial charge is 0.226 e. The molecular weight excluding hydrogens is 226 g/mol. The topological polar surface area (TPSA) is 58.4 Å². The van der Waals surface area contributed by atoms with Crippen LogP contribution >= 0.6 is 11.6 Å². The number of rotatable bonds is 2. The highest BCUT2D eigenvalue weighted by Gasteiger charge is 2.20. The number of anilines is 2. The first-order valence-electron chi connectivity index (χ1n) is 5.25. The molecule has 1 aliphatic heterocycles. The van der Waals surface area contributed by atoms with E-state index in [9.17, 15) is 4.79 Å². The Kier molecular flexibility index (Phi) is 3.31. The van der Waals surface area contributed by atoms with E-state index in [1.165, 1.54) is 0 Å². The molecule has 0 atom stereocenters. The summed E-state index contributed by atoms with van der Waals surface area (Å²) < 4.78 is 0. The van der Waals surface area contributed by atoms with Crippen molar-refractivity contribution in [3.05, 3.63) is 23.2 Å². The SMILES string of the molecule is NCCN1CCC(=O)Nc2cccc(Cl)c21. The van der Waals surface area contributed by atoms with Gasteiger partial charge in [0.15, 0.2) is 0 Å². The zero-order chi connectivity index (χ0) is 11.5. The van der Waals surface area contributed by atoms with E-state index >= 15 is 0 Å². The molecule has 3 N–H and O–H groups in total. The molecule has 1 aromatic carbocycles. The van der Waals surface area contributed by atoms with E-state index in [1.54, 1.807) is 0 Å². The molecule has 4 nitrogen and oxygen atoms in total. The minimum atomic E-state index is 0.0167. The van der Waals surface area contributed by atoms with Gasteiger partial charge in [-0.25, -0.2) is 0 Å². The number of carbonyl (C=O) groups is 1. The molecular formula is C11H14ClN3O. The van der Waals surface area contributed by atoms with Crippen molar-refractivity contribution in [3.63, 3.8) is 0 Å². The zero-order valence-electron chi connectivity index (χ0n) is 8.87. The molecule has 0 aromatic heterocycles. The van der Waals surface area contributed by atoms with Crippen LogP contribution in [0.25, 0.3) is 0 Å². The van der Waals surface area contributed by atoms with Crippen molar-refractivity contribution in [1.82, 2.24) is 0 Å². The van der Waals surface area contributed by atoms with Gasteiger partial charge in [0, 0.05) is 26.1 Å². The maximum atomic E-state index is 11.5. The molecule has 1 amide bonds. The summed E-state index contributed by atoms with van der Waals surface area (Å²) in [5, 5.41) is 3.49. The summed E-state index contributed by atoms with van der Waals surface area (Å²) in [6, 6.07) is 5.50. The first-order chi connectivity index (χ1) is 7.72. The summed E-state index contributed by atoms with van der Waals surface area (Å²) in [5.41, 5.74) is 7.20. The van der Waals surface area contributed by atoms with Crippen LogP contribution in [0.5, 0.6) is 0 Å². The van der Waals surface area contributed by atoms with E-state index in [0.717, 1.165) is 11.4 Å². The molecule has 86 valence electrons. The second kappa shape index (κ2) is 4.72. The van der Waals surface area contributed by atoms with Gasteiger partial charge in [0.1, 0.15) is 0 Å². The van der Waals surface area contributed by atoms with Crippen molar-refractivity contribution >= 4 is 28.9 Å². The molecule has 0 aliphatic carbocycles. The standard InChI is InChI=1S/C11H14ClN3O/c12-8-2-1-3-9-11(8)15(7-5-13)6-4-10(16)14-9/h1-3H,4-7,13H2,(H,14,16). The zero-order valence-corrected chi connectivity index (χ0v) is 9.63. The maximum absolute atomic E-state index is 11.5. The number of para-hydroxylation sites is 1. The Morgan fingerprint density at radius 2 is 2.31 bits per heavy atom. The highest BCUT2D eigenvalue weighted by molar-refractivity contribution is 6.34. The molecule has 16 heavy (non-hydrogen) atoms. The van der Waals surface area contributed by atoms with Crippen molar-refractivity contribution in [1.29, 1.82) is 0 Å². The normalized spacial score (nSPS) is 15.4. The van der Waals surface area contributed by atoms with Crippen LogP contribution in [0.2, 0.25) is 5.02 Å². The Bertz CT molecular complexity index is 408. The minimum absolute atomic E-state index is 0.0167. The number of fused-ring (bicyclic) bond motifs is 1. The van der Waals surface area contributed by atoms with E-state index in [2.05, 4.69) is 10.2 Å². The number of hydrogen-bond acceptors (Lipinski definition) is 3. The molecule has 1 aromatic rings. The lowest BCUT2D eigenvalue weighted by Crippen LogP contribution is -2.30. The Labute approximate surface area is 99.4 Å². The van der Waals surface area contributed by atoms with Crippen LogP contribution < -0.4 is 16.0 Å². The Morgan fingerprint density at radius 1 is 1.50 bits per heavy atom. The number of nitrogens with two attached hydrogens (primary N) is 1. The van der Waals surface area contributed by atoms with Crippen LogP contribution in [0.4, 0.5) is 11.4 Å². The lowest BCUT2D eigenvalue weighted by Gasteiger charge is -2.24. The highest BCUT2D eigenvalue weighted by Crippen LogP contribution is 2.35. The molecule has 0 radical (unpaired) electrons. The number of hydrogen-bond donors (Lipinski definition) is 2. The van der Waals surface area contributed by atoms with Crippen LogP contribution in [0.15, 0.2) is 18.2 Å². The Balaban J connectivity index is 2.43. The largest absolute Gasteiger partial charge is 0.367 e. The number of benzene rings is 1. The lowest BCUT2D eigenvalue weighted by atomic mass is 10.2. The summed E-state index contributed by atoms with van der Waals surface area (Å²) in [7, 11) is 0. The van der Waals surface area contributed by atoms with Gasteiger partial charge in [0.25, 0.3) is 0 Å². The fourth-order valence-corrected chi connectivity index (χ4v) is 2.17. The first kappa shape index (κ1) is 11.2. The lowest BCUT2D eigenvalue weighted by molar-refractivity contribution is -0.115. The Morgan fingerprint density at radius 3 is 3.06 bits per heavy atom. The van der Waals surface area contributed by atoms with E-state index in [1.807, 2.05) is 18.2 Å². The van der Waals surface area contributed by atoms with Crippen LogP contribution in [-0.2, 0) is 4.79 Å². The van der Waals surface area contributed by atoms with Gasteiger partial charge in [0.2, 0.25) is 5.91 Å². The fourth-order valence-electron chi connectivity index (χ4n) is 1.88. The molecule has 0 spiro atoms. The number of nitrogens with zero attached hydrogens (tertiary/aromatic N) is 1. The van der Waals surface area contributed by atoms with Crippen LogP contribution in [0, 0.1) is 0 Å². The number of nitrogens with one attached hydrogen (secondary N) is 1. The predicted molar refractivity (Wildman–Crippen MR) is 66.0 cm³/mol. The average molecular weight is 240 g/mol. The highest BCUT2D eigenvalue weighted by atomic mass is 35.5. The first-order valence-corrected chi connectivity index (χ1v) is 5.63. The summed E-state index contributed by atoms with van der Waals surface area (Å²) in [6.45, 7) is 1.89.